The van der Waals surface area contributed by atoms with E-state index in [1.165, 1.54) is 6.21 Å². The van der Waals surface area contributed by atoms with Crippen molar-refractivity contribution in [2.75, 3.05) is 5.32 Å². The van der Waals surface area contributed by atoms with Crippen LogP contribution in [0.4, 0.5) is 5.69 Å². The number of aryl methyl sites for hydroxylation is 2. The molecule has 0 saturated carbocycles. The van der Waals surface area contributed by atoms with Gasteiger partial charge >= 0.3 is 0 Å². The van der Waals surface area contributed by atoms with Crippen LogP contribution >= 0.6 is 23.2 Å². The van der Waals surface area contributed by atoms with Crippen LogP contribution in [0.3, 0.4) is 0 Å². The van der Waals surface area contributed by atoms with E-state index < -0.39 is 0 Å². The highest BCUT2D eigenvalue weighted by Crippen LogP contribution is 2.22. The zero-order chi connectivity index (χ0) is 19.1. The van der Waals surface area contributed by atoms with E-state index in [4.69, 9.17) is 23.2 Å². The maximum absolute atomic E-state index is 12.0. The van der Waals surface area contributed by atoms with Gasteiger partial charge in [0.2, 0.25) is 11.8 Å². The highest BCUT2D eigenvalue weighted by atomic mass is 35.5. The number of anilines is 1. The SMILES string of the molecule is Cc1ccc(C)c(NC(=O)CCC(=O)N/N=C/c2c(Cl)cccc2Cl)c1. The lowest BCUT2D eigenvalue weighted by atomic mass is 10.1. The summed E-state index contributed by atoms with van der Waals surface area (Å²) in [7, 11) is 0. The second kappa shape index (κ2) is 9.36. The number of hydrazone groups is 1. The molecule has 136 valence electrons. The van der Waals surface area contributed by atoms with E-state index >= 15 is 0 Å². The van der Waals surface area contributed by atoms with Crippen molar-refractivity contribution in [1.82, 2.24) is 5.43 Å². The molecule has 7 heteroatoms. The number of hydrogen-bond donors (Lipinski definition) is 2. The van der Waals surface area contributed by atoms with E-state index in [1.807, 2.05) is 32.0 Å². The minimum atomic E-state index is -0.374. The van der Waals surface area contributed by atoms with Crippen LogP contribution in [-0.2, 0) is 9.59 Å². The Hall–Kier alpha value is -2.37. The number of nitrogens with one attached hydrogen (secondary N) is 2. The van der Waals surface area contributed by atoms with Crippen LogP contribution in [0.1, 0.15) is 29.5 Å². The van der Waals surface area contributed by atoms with Gasteiger partial charge in [-0.1, -0.05) is 41.4 Å². The molecule has 0 unspecified atom stereocenters. The smallest absolute Gasteiger partial charge is 0.240 e. The van der Waals surface area contributed by atoms with Gasteiger partial charge in [-0.25, -0.2) is 5.43 Å². The van der Waals surface area contributed by atoms with Gasteiger partial charge < -0.3 is 5.32 Å². The Labute approximate surface area is 162 Å². The van der Waals surface area contributed by atoms with Gasteiger partial charge in [-0.3, -0.25) is 9.59 Å². The fraction of sp³-hybridized carbons (Fsp3) is 0.211. The van der Waals surface area contributed by atoms with E-state index in [0.29, 0.717) is 15.6 Å². The molecule has 0 radical (unpaired) electrons. The van der Waals surface area contributed by atoms with Gasteiger partial charge in [0, 0.05) is 24.1 Å². The summed E-state index contributed by atoms with van der Waals surface area (Å²) in [6.45, 7) is 3.86. The molecule has 0 heterocycles. The first-order valence-electron chi connectivity index (χ1n) is 8.00. The number of nitrogens with zero attached hydrogens (tertiary/aromatic N) is 1. The first-order valence-corrected chi connectivity index (χ1v) is 8.75. The van der Waals surface area contributed by atoms with Crippen LogP contribution in [0.25, 0.3) is 0 Å². The van der Waals surface area contributed by atoms with Gasteiger partial charge in [-0.2, -0.15) is 5.10 Å². The lowest BCUT2D eigenvalue weighted by Crippen LogP contribution is -2.21. The van der Waals surface area contributed by atoms with Gasteiger partial charge in [0.1, 0.15) is 0 Å². The van der Waals surface area contributed by atoms with Crippen LogP contribution in [-0.4, -0.2) is 18.0 Å². The van der Waals surface area contributed by atoms with Crippen LogP contribution in [0.2, 0.25) is 10.0 Å². The predicted molar refractivity (Wildman–Crippen MR) is 106 cm³/mol. The van der Waals surface area contributed by atoms with Gasteiger partial charge in [0.05, 0.1) is 16.3 Å². The monoisotopic (exact) mass is 391 g/mol. The van der Waals surface area contributed by atoms with Crippen molar-refractivity contribution >= 4 is 46.9 Å². The molecule has 0 aliphatic carbocycles. The molecule has 0 aliphatic rings. The molecule has 5 nitrogen and oxygen atoms in total. The summed E-state index contributed by atoms with van der Waals surface area (Å²) in [5.41, 5.74) is 5.65. The summed E-state index contributed by atoms with van der Waals surface area (Å²) in [5, 5.41) is 7.50. The molecular weight excluding hydrogens is 373 g/mol. The second-order valence-electron chi connectivity index (χ2n) is 5.80. The quantitative estimate of drug-likeness (QED) is 0.562. The minimum Gasteiger partial charge on any atom is -0.326 e. The predicted octanol–water partition coefficient (Wildman–Crippen LogP) is 4.48. The summed E-state index contributed by atoms with van der Waals surface area (Å²) in [4.78, 5) is 23.8. The standard InChI is InChI=1S/C19H19Cl2N3O2/c1-12-6-7-13(2)17(10-12)23-18(25)8-9-19(26)24-22-11-14-15(20)4-3-5-16(14)21/h3-7,10-11H,8-9H2,1-2H3,(H,23,25)(H,24,26)/b22-11+. The molecule has 0 fully saturated rings. The van der Waals surface area contributed by atoms with Crippen LogP contribution in [0, 0.1) is 13.8 Å². The Morgan fingerprint density at radius 1 is 1.04 bits per heavy atom. The van der Waals surface area contributed by atoms with Crippen molar-refractivity contribution in [2.45, 2.75) is 26.7 Å². The number of benzene rings is 2. The van der Waals surface area contributed by atoms with Crippen LogP contribution < -0.4 is 10.7 Å². The third kappa shape index (κ3) is 5.86. The fourth-order valence-electron chi connectivity index (χ4n) is 2.17. The lowest BCUT2D eigenvalue weighted by molar-refractivity contribution is -0.124. The molecule has 0 spiro atoms. The molecule has 2 rings (SSSR count). The number of hydrogen-bond acceptors (Lipinski definition) is 3. The molecule has 0 bridgehead atoms. The van der Waals surface area contributed by atoms with E-state index in [-0.39, 0.29) is 24.7 Å². The Balaban J connectivity index is 1.82. The Kier molecular flexibility index (Phi) is 7.18. The van der Waals surface area contributed by atoms with Crippen molar-refractivity contribution < 1.29 is 9.59 Å². The van der Waals surface area contributed by atoms with E-state index in [9.17, 15) is 9.59 Å². The molecule has 0 aliphatic heterocycles. The van der Waals surface area contributed by atoms with Gasteiger partial charge in [0.25, 0.3) is 0 Å². The fourth-order valence-corrected chi connectivity index (χ4v) is 2.66. The number of amides is 2. The average Bonchev–Trinajstić information content (AvgIpc) is 2.59. The van der Waals surface area contributed by atoms with Crippen molar-refractivity contribution in [3.05, 3.63) is 63.1 Å². The summed E-state index contributed by atoms with van der Waals surface area (Å²) < 4.78 is 0. The van der Waals surface area contributed by atoms with Gasteiger partial charge in [0.15, 0.2) is 0 Å². The zero-order valence-electron chi connectivity index (χ0n) is 14.5. The highest BCUT2D eigenvalue weighted by Gasteiger charge is 2.08. The van der Waals surface area contributed by atoms with Gasteiger partial charge in [-0.05, 0) is 43.2 Å². The summed E-state index contributed by atoms with van der Waals surface area (Å²) in [6, 6.07) is 10.9. The van der Waals surface area contributed by atoms with E-state index in [1.54, 1.807) is 18.2 Å². The van der Waals surface area contributed by atoms with Crippen molar-refractivity contribution in [1.29, 1.82) is 0 Å². The Bertz CT molecular complexity index is 830. The number of rotatable bonds is 6. The molecule has 2 N–H and O–H groups in total. The zero-order valence-corrected chi connectivity index (χ0v) is 16.0. The van der Waals surface area contributed by atoms with Crippen molar-refractivity contribution in [2.24, 2.45) is 5.10 Å². The summed E-state index contributed by atoms with van der Waals surface area (Å²) in [6.07, 6.45) is 1.45. The second-order valence-corrected chi connectivity index (χ2v) is 6.61. The topological polar surface area (TPSA) is 70.6 Å². The number of carbonyl (C=O) groups excluding carboxylic acids is 2. The number of carbonyl (C=O) groups is 2. The molecular formula is C19H19Cl2N3O2. The minimum absolute atomic E-state index is 0.0181. The maximum Gasteiger partial charge on any atom is 0.240 e. The molecule has 2 aromatic rings. The maximum atomic E-state index is 12.0. The molecule has 0 aromatic heterocycles. The molecule has 2 amide bonds. The van der Waals surface area contributed by atoms with Crippen molar-refractivity contribution in [3.8, 4) is 0 Å². The first-order chi connectivity index (χ1) is 12.4. The molecule has 26 heavy (non-hydrogen) atoms. The normalized spacial score (nSPS) is 10.8. The molecule has 0 saturated heterocycles. The summed E-state index contributed by atoms with van der Waals surface area (Å²) >= 11 is 12.0. The van der Waals surface area contributed by atoms with Crippen LogP contribution in [0.5, 0.6) is 0 Å². The largest absolute Gasteiger partial charge is 0.326 e. The van der Waals surface area contributed by atoms with Gasteiger partial charge in [-0.15, -0.1) is 0 Å². The average molecular weight is 392 g/mol. The third-order valence-electron chi connectivity index (χ3n) is 3.63. The van der Waals surface area contributed by atoms with E-state index in [0.717, 1.165) is 16.8 Å². The molecule has 0 atom stereocenters. The van der Waals surface area contributed by atoms with Crippen molar-refractivity contribution in [3.63, 3.8) is 0 Å². The Morgan fingerprint density at radius 3 is 2.38 bits per heavy atom. The lowest BCUT2D eigenvalue weighted by Gasteiger charge is -2.09. The highest BCUT2D eigenvalue weighted by molar-refractivity contribution is 6.38. The third-order valence-corrected chi connectivity index (χ3v) is 4.29. The summed E-state index contributed by atoms with van der Waals surface area (Å²) in [5.74, 6) is -0.604. The Morgan fingerprint density at radius 2 is 1.69 bits per heavy atom. The first kappa shape index (κ1) is 19.9. The van der Waals surface area contributed by atoms with E-state index in [2.05, 4.69) is 15.8 Å². The van der Waals surface area contributed by atoms with Crippen LogP contribution in [0.15, 0.2) is 41.5 Å². The number of halogens is 2. The molecule has 2 aromatic carbocycles.